The van der Waals surface area contributed by atoms with Gasteiger partial charge in [0.2, 0.25) is 0 Å². The second kappa shape index (κ2) is 8.68. The number of fused-ring (bicyclic) bond motifs is 1. The van der Waals surface area contributed by atoms with Gasteiger partial charge in [0, 0.05) is 56.2 Å². The lowest BCUT2D eigenvalue weighted by Gasteiger charge is -2.41. The topological polar surface area (TPSA) is 87.3 Å². The molecule has 1 amide bonds. The first-order chi connectivity index (χ1) is 16.1. The molecule has 5 rings (SSSR count). The van der Waals surface area contributed by atoms with Gasteiger partial charge in [0.15, 0.2) is 5.82 Å². The lowest BCUT2D eigenvalue weighted by Crippen LogP contribution is -2.55. The molecule has 0 spiro atoms. The number of hydrogen-bond donors (Lipinski definition) is 0. The van der Waals surface area contributed by atoms with E-state index in [1.165, 1.54) is 0 Å². The van der Waals surface area contributed by atoms with E-state index in [4.69, 9.17) is 9.72 Å². The largest absolute Gasteiger partial charge is 0.376 e. The summed E-state index contributed by atoms with van der Waals surface area (Å²) in [4.78, 5) is 26.3. The molecule has 0 saturated carbocycles. The fraction of sp³-hybridized carbons (Fsp3) is 0.360. The van der Waals surface area contributed by atoms with E-state index in [-0.39, 0.29) is 11.9 Å². The number of hydrogen-bond acceptors (Lipinski definition) is 6. The molecule has 1 atom stereocenters. The molecule has 1 unspecified atom stereocenters. The van der Waals surface area contributed by atoms with E-state index in [1.54, 1.807) is 17.0 Å². The van der Waals surface area contributed by atoms with E-state index in [1.807, 2.05) is 49.2 Å². The predicted octanol–water partition coefficient (Wildman–Crippen LogP) is 2.78. The van der Waals surface area contributed by atoms with Crippen molar-refractivity contribution in [1.29, 1.82) is 5.26 Å². The van der Waals surface area contributed by atoms with Gasteiger partial charge in [0.25, 0.3) is 5.91 Å². The lowest BCUT2D eigenvalue weighted by atomic mass is 9.93. The van der Waals surface area contributed by atoms with Crippen LogP contribution in [0.4, 0.5) is 5.82 Å². The molecule has 2 aliphatic heterocycles. The third-order valence-electron chi connectivity index (χ3n) is 6.50. The minimum Gasteiger partial charge on any atom is -0.376 e. The molecule has 8 nitrogen and oxygen atoms in total. The number of nitriles is 1. The highest BCUT2D eigenvalue weighted by molar-refractivity contribution is 5.91. The summed E-state index contributed by atoms with van der Waals surface area (Å²) in [6.45, 7) is 4.84. The molecule has 4 heterocycles. The van der Waals surface area contributed by atoms with Crippen molar-refractivity contribution in [2.24, 2.45) is 7.05 Å². The normalized spacial score (nSPS) is 18.0. The summed E-state index contributed by atoms with van der Waals surface area (Å²) in [5.74, 6) is 1.06. The summed E-state index contributed by atoms with van der Waals surface area (Å²) in [7, 11) is 1.83. The molecule has 0 aliphatic carbocycles. The number of ether oxygens (including phenoxy) is 1. The first-order valence-corrected chi connectivity index (χ1v) is 11.2. The van der Waals surface area contributed by atoms with E-state index < -0.39 is 0 Å². The molecule has 33 heavy (non-hydrogen) atoms. The Morgan fingerprint density at radius 2 is 2.03 bits per heavy atom. The Kier molecular flexibility index (Phi) is 5.56. The fourth-order valence-corrected chi connectivity index (χ4v) is 4.77. The summed E-state index contributed by atoms with van der Waals surface area (Å²) in [5, 5.41) is 10.1. The minimum atomic E-state index is -0.0734. The third-order valence-corrected chi connectivity index (χ3v) is 6.50. The highest BCUT2D eigenvalue weighted by Crippen LogP contribution is 2.35. The van der Waals surface area contributed by atoms with Gasteiger partial charge in [0.1, 0.15) is 11.9 Å². The number of rotatable bonds is 3. The SMILES string of the molecule is CC1CN(c2nc(-c3ccccc3)c3c(c2C#N)CCOC3)CCN1C(=O)c1nccn1C. The van der Waals surface area contributed by atoms with Gasteiger partial charge in [-0.25, -0.2) is 9.97 Å². The second-order valence-electron chi connectivity index (χ2n) is 8.55. The first-order valence-electron chi connectivity index (χ1n) is 11.2. The van der Waals surface area contributed by atoms with Crippen LogP contribution in [0.25, 0.3) is 11.3 Å². The van der Waals surface area contributed by atoms with Crippen molar-refractivity contribution in [2.75, 3.05) is 31.1 Å². The van der Waals surface area contributed by atoms with Crippen molar-refractivity contribution in [3.05, 3.63) is 65.2 Å². The highest BCUT2D eigenvalue weighted by Gasteiger charge is 2.33. The van der Waals surface area contributed by atoms with Crippen LogP contribution in [0.5, 0.6) is 0 Å². The maximum Gasteiger partial charge on any atom is 0.290 e. The molecule has 8 heteroatoms. The molecule has 168 valence electrons. The van der Waals surface area contributed by atoms with Gasteiger partial charge >= 0.3 is 0 Å². The Bertz CT molecular complexity index is 1230. The Labute approximate surface area is 193 Å². The Hall–Kier alpha value is -3.70. The number of nitrogens with zero attached hydrogens (tertiary/aromatic N) is 6. The summed E-state index contributed by atoms with van der Waals surface area (Å²) < 4.78 is 7.47. The number of aromatic nitrogens is 3. The summed E-state index contributed by atoms with van der Waals surface area (Å²) in [6.07, 6.45) is 4.11. The van der Waals surface area contributed by atoms with Crippen LogP contribution >= 0.6 is 0 Å². The van der Waals surface area contributed by atoms with Crippen molar-refractivity contribution >= 4 is 11.7 Å². The fourth-order valence-electron chi connectivity index (χ4n) is 4.77. The lowest BCUT2D eigenvalue weighted by molar-refractivity contribution is 0.0657. The number of carbonyl (C=O) groups excluding carboxylic acids is 1. The van der Waals surface area contributed by atoms with Crippen LogP contribution in [0, 0.1) is 11.3 Å². The number of aryl methyl sites for hydroxylation is 1. The number of piperazine rings is 1. The summed E-state index contributed by atoms with van der Waals surface area (Å²) >= 11 is 0. The third kappa shape index (κ3) is 3.74. The minimum absolute atomic E-state index is 0.0455. The van der Waals surface area contributed by atoms with Crippen LogP contribution in [0.15, 0.2) is 42.7 Å². The van der Waals surface area contributed by atoms with Gasteiger partial charge in [-0.1, -0.05) is 30.3 Å². The maximum atomic E-state index is 13.0. The van der Waals surface area contributed by atoms with Crippen LogP contribution in [-0.2, 0) is 24.8 Å². The number of imidazole rings is 1. The predicted molar refractivity (Wildman–Crippen MR) is 124 cm³/mol. The number of amides is 1. The van der Waals surface area contributed by atoms with Crippen LogP contribution in [0.3, 0.4) is 0 Å². The van der Waals surface area contributed by atoms with Gasteiger partial charge < -0.3 is 19.1 Å². The van der Waals surface area contributed by atoms with E-state index in [0.29, 0.717) is 56.5 Å². The van der Waals surface area contributed by atoms with E-state index in [9.17, 15) is 10.1 Å². The van der Waals surface area contributed by atoms with Gasteiger partial charge in [0.05, 0.1) is 24.5 Å². The Morgan fingerprint density at radius 3 is 2.73 bits per heavy atom. The molecular formula is C25H26N6O2. The first kappa shape index (κ1) is 21.2. The summed E-state index contributed by atoms with van der Waals surface area (Å²) in [6, 6.07) is 12.4. The number of carbonyl (C=O) groups is 1. The monoisotopic (exact) mass is 442 g/mol. The quantitative estimate of drug-likeness (QED) is 0.620. The van der Waals surface area contributed by atoms with Crippen LogP contribution in [0.2, 0.25) is 0 Å². The molecule has 3 aromatic rings. The molecule has 1 aromatic carbocycles. The average molecular weight is 443 g/mol. The van der Waals surface area contributed by atoms with E-state index in [0.717, 1.165) is 22.4 Å². The molecule has 0 bridgehead atoms. The van der Waals surface area contributed by atoms with Crippen molar-refractivity contribution in [2.45, 2.75) is 26.0 Å². The molecule has 2 aromatic heterocycles. The van der Waals surface area contributed by atoms with E-state index in [2.05, 4.69) is 16.0 Å². The van der Waals surface area contributed by atoms with Gasteiger partial charge in [-0.2, -0.15) is 5.26 Å². The van der Waals surface area contributed by atoms with Crippen molar-refractivity contribution in [3.63, 3.8) is 0 Å². The van der Waals surface area contributed by atoms with E-state index >= 15 is 0 Å². The van der Waals surface area contributed by atoms with Crippen LogP contribution < -0.4 is 4.90 Å². The molecular weight excluding hydrogens is 416 g/mol. The van der Waals surface area contributed by atoms with Gasteiger partial charge in [-0.15, -0.1) is 0 Å². The molecule has 0 N–H and O–H groups in total. The van der Waals surface area contributed by atoms with Crippen LogP contribution in [-0.4, -0.2) is 57.6 Å². The number of benzene rings is 1. The average Bonchev–Trinajstić information content (AvgIpc) is 3.28. The second-order valence-corrected chi connectivity index (χ2v) is 8.55. The summed E-state index contributed by atoms with van der Waals surface area (Å²) in [5.41, 5.74) is 4.56. The zero-order valence-corrected chi connectivity index (χ0v) is 18.9. The Morgan fingerprint density at radius 1 is 1.21 bits per heavy atom. The van der Waals surface area contributed by atoms with Crippen molar-refractivity contribution in [1.82, 2.24) is 19.4 Å². The molecule has 1 fully saturated rings. The number of pyridine rings is 1. The Balaban J connectivity index is 1.50. The number of anilines is 1. The smallest absolute Gasteiger partial charge is 0.290 e. The van der Waals surface area contributed by atoms with Crippen molar-refractivity contribution < 1.29 is 9.53 Å². The molecule has 2 aliphatic rings. The standard InChI is InChI=1S/C25H26N6O2/c1-17-15-30(11-12-31(17)25(32)24-27-9-10-29(24)2)23-20(14-26)19-8-13-33-16-21(19)22(28-23)18-6-4-3-5-7-18/h3-7,9-10,17H,8,11-13,15-16H2,1-2H3. The van der Waals surface area contributed by atoms with Crippen molar-refractivity contribution in [3.8, 4) is 17.3 Å². The highest BCUT2D eigenvalue weighted by atomic mass is 16.5. The van der Waals surface area contributed by atoms with Crippen LogP contribution in [0.1, 0.15) is 34.2 Å². The molecule has 0 radical (unpaired) electrons. The molecule has 1 saturated heterocycles. The maximum absolute atomic E-state index is 13.0. The van der Waals surface area contributed by atoms with Gasteiger partial charge in [-0.3, -0.25) is 4.79 Å². The zero-order valence-electron chi connectivity index (χ0n) is 18.9. The zero-order chi connectivity index (χ0) is 22.9. The van der Waals surface area contributed by atoms with Gasteiger partial charge in [-0.05, 0) is 18.9 Å².